The van der Waals surface area contributed by atoms with Gasteiger partial charge >= 0.3 is 0 Å². The Morgan fingerprint density at radius 1 is 1.21 bits per heavy atom. The van der Waals surface area contributed by atoms with Gasteiger partial charge in [-0.1, -0.05) is 18.2 Å². The molecule has 24 heavy (non-hydrogen) atoms. The first-order valence-electron chi connectivity index (χ1n) is 7.89. The second-order valence-corrected chi connectivity index (χ2v) is 6.96. The van der Waals surface area contributed by atoms with Crippen LogP contribution in [-0.2, 0) is 0 Å². The minimum absolute atomic E-state index is 0.235. The van der Waals surface area contributed by atoms with Crippen LogP contribution < -0.4 is 4.74 Å². The minimum Gasteiger partial charge on any atom is -0.453 e. The van der Waals surface area contributed by atoms with E-state index >= 15 is 0 Å². The summed E-state index contributed by atoms with van der Waals surface area (Å²) in [6, 6.07) is 10.3. The van der Waals surface area contributed by atoms with E-state index in [0.717, 1.165) is 29.7 Å². The Hall–Kier alpha value is -2.24. The fourth-order valence-electron chi connectivity index (χ4n) is 2.79. The van der Waals surface area contributed by atoms with Gasteiger partial charge in [-0.15, -0.1) is 11.3 Å². The van der Waals surface area contributed by atoms with Crippen LogP contribution >= 0.6 is 11.3 Å². The Kier molecular flexibility index (Phi) is 4.04. The van der Waals surface area contributed by atoms with Crippen molar-refractivity contribution in [1.82, 2.24) is 9.88 Å². The first-order chi connectivity index (χ1) is 11.7. The molecule has 4 rings (SSSR count). The topological polar surface area (TPSA) is 25.4 Å². The molecule has 0 N–H and O–H groups in total. The predicted molar refractivity (Wildman–Crippen MR) is 96.2 cm³/mol. The molecule has 2 aromatic heterocycles. The molecule has 5 heteroatoms. The quantitative estimate of drug-likeness (QED) is 0.675. The molecule has 1 aliphatic rings. The van der Waals surface area contributed by atoms with E-state index in [1.807, 2.05) is 0 Å². The summed E-state index contributed by atoms with van der Waals surface area (Å²) in [6.07, 6.45) is 5.01. The van der Waals surface area contributed by atoms with E-state index in [-0.39, 0.29) is 11.6 Å². The molecule has 0 saturated carbocycles. The fraction of sp³-hybridized carbons (Fsp3) is 0.211. The fourth-order valence-corrected chi connectivity index (χ4v) is 3.93. The largest absolute Gasteiger partial charge is 0.453 e. The van der Waals surface area contributed by atoms with Crippen LogP contribution in [0.1, 0.15) is 11.3 Å². The van der Waals surface area contributed by atoms with E-state index in [9.17, 15) is 4.39 Å². The monoisotopic (exact) mass is 340 g/mol. The smallest absolute Gasteiger partial charge is 0.165 e. The van der Waals surface area contributed by atoms with E-state index in [1.165, 1.54) is 16.5 Å². The molecule has 3 heterocycles. The molecule has 1 aliphatic heterocycles. The van der Waals surface area contributed by atoms with E-state index in [0.29, 0.717) is 5.75 Å². The number of rotatable bonds is 3. The highest BCUT2D eigenvalue weighted by Gasteiger charge is 2.15. The van der Waals surface area contributed by atoms with Crippen molar-refractivity contribution in [2.24, 2.45) is 0 Å². The lowest BCUT2D eigenvalue weighted by Gasteiger charge is -2.21. The molecule has 122 valence electrons. The number of ether oxygens (including phenoxy) is 1. The Bertz CT molecular complexity index is 919. The van der Waals surface area contributed by atoms with Crippen LogP contribution in [0.25, 0.3) is 15.8 Å². The van der Waals surface area contributed by atoms with Crippen molar-refractivity contribution in [2.45, 2.75) is 6.42 Å². The molecule has 0 unspecified atom stereocenters. The number of aromatic nitrogens is 1. The van der Waals surface area contributed by atoms with Gasteiger partial charge in [0, 0.05) is 30.2 Å². The zero-order chi connectivity index (χ0) is 16.5. The zero-order valence-electron chi connectivity index (χ0n) is 13.3. The van der Waals surface area contributed by atoms with Crippen molar-refractivity contribution < 1.29 is 9.13 Å². The zero-order valence-corrected chi connectivity index (χ0v) is 14.1. The summed E-state index contributed by atoms with van der Waals surface area (Å²) in [4.78, 5) is 7.95. The molecule has 0 saturated heterocycles. The number of hydrogen-bond acceptors (Lipinski definition) is 4. The number of fused-ring (bicyclic) bond motifs is 1. The summed E-state index contributed by atoms with van der Waals surface area (Å²) in [5.74, 6) is 0.519. The summed E-state index contributed by atoms with van der Waals surface area (Å²) in [5, 5.41) is 0. The van der Waals surface area contributed by atoms with Crippen LogP contribution in [0, 0.1) is 5.82 Å². The van der Waals surface area contributed by atoms with Crippen molar-refractivity contribution in [3.05, 3.63) is 59.4 Å². The highest BCUT2D eigenvalue weighted by Crippen LogP contribution is 2.38. The number of thiophene rings is 1. The van der Waals surface area contributed by atoms with E-state index in [1.54, 1.807) is 41.8 Å². The molecule has 1 aromatic carbocycles. The van der Waals surface area contributed by atoms with E-state index in [2.05, 4.69) is 29.1 Å². The average Bonchev–Trinajstić information content (AvgIpc) is 3.03. The van der Waals surface area contributed by atoms with Gasteiger partial charge in [0.15, 0.2) is 11.6 Å². The Morgan fingerprint density at radius 2 is 2.08 bits per heavy atom. The molecule has 0 atom stereocenters. The lowest BCUT2D eigenvalue weighted by Crippen LogP contribution is -2.23. The Balaban J connectivity index is 1.71. The first kappa shape index (κ1) is 15.3. The summed E-state index contributed by atoms with van der Waals surface area (Å²) in [6.45, 7) is 2.03. The first-order valence-corrected chi connectivity index (χ1v) is 8.71. The van der Waals surface area contributed by atoms with Crippen LogP contribution in [0.3, 0.4) is 0 Å². The van der Waals surface area contributed by atoms with Crippen molar-refractivity contribution >= 4 is 27.1 Å². The summed E-state index contributed by atoms with van der Waals surface area (Å²) >= 11 is 1.66. The molecule has 0 radical (unpaired) electrons. The van der Waals surface area contributed by atoms with Gasteiger partial charge in [0.05, 0.1) is 10.2 Å². The van der Waals surface area contributed by atoms with Crippen LogP contribution in [0.15, 0.2) is 48.7 Å². The van der Waals surface area contributed by atoms with Crippen LogP contribution in [0.5, 0.6) is 11.5 Å². The van der Waals surface area contributed by atoms with Crippen LogP contribution in [0.2, 0.25) is 0 Å². The summed E-state index contributed by atoms with van der Waals surface area (Å²) in [5.41, 5.74) is 2.25. The normalized spacial score (nSPS) is 15.5. The maximum absolute atomic E-state index is 13.9. The number of nitrogens with zero attached hydrogens (tertiary/aromatic N) is 2. The molecule has 0 bridgehead atoms. The van der Waals surface area contributed by atoms with Gasteiger partial charge < -0.3 is 9.64 Å². The minimum atomic E-state index is -0.364. The highest BCUT2D eigenvalue weighted by atomic mass is 32.1. The molecular weight excluding hydrogens is 323 g/mol. The molecule has 0 fully saturated rings. The SMILES string of the molecule is CN1CC=C(c2cc3nccc(Oc4ccccc4F)c3s2)CC1. The van der Waals surface area contributed by atoms with Gasteiger partial charge in [-0.3, -0.25) is 4.98 Å². The van der Waals surface area contributed by atoms with Gasteiger partial charge in [0.2, 0.25) is 0 Å². The number of hydrogen-bond donors (Lipinski definition) is 0. The predicted octanol–water partition coefficient (Wildman–Crippen LogP) is 4.95. The molecule has 3 nitrogen and oxygen atoms in total. The van der Waals surface area contributed by atoms with Gasteiger partial charge in [-0.2, -0.15) is 0 Å². The maximum Gasteiger partial charge on any atom is 0.165 e. The van der Waals surface area contributed by atoms with Gasteiger partial charge in [-0.25, -0.2) is 4.39 Å². The number of likely N-dealkylation sites (N-methyl/N-ethyl adjacent to an activating group) is 1. The molecule has 0 amide bonds. The van der Waals surface area contributed by atoms with Gasteiger partial charge in [-0.05, 0) is 37.2 Å². The molecule has 0 spiro atoms. The lowest BCUT2D eigenvalue weighted by atomic mass is 10.1. The average molecular weight is 340 g/mol. The van der Waals surface area contributed by atoms with Crippen LogP contribution in [0.4, 0.5) is 4.39 Å². The third-order valence-corrected chi connectivity index (χ3v) is 5.38. The van der Waals surface area contributed by atoms with Gasteiger partial charge in [0.1, 0.15) is 5.75 Å². The Morgan fingerprint density at radius 3 is 2.88 bits per heavy atom. The standard InChI is InChI=1S/C19H17FN2OS/c1-22-10-7-13(8-11-22)18-12-15-19(24-18)17(6-9-21-15)23-16-5-3-2-4-14(16)20/h2-7,9,12H,8,10-11H2,1H3. The molecule has 3 aromatic rings. The van der Waals surface area contributed by atoms with Crippen molar-refractivity contribution in [3.8, 4) is 11.5 Å². The molecule has 0 aliphatic carbocycles. The third kappa shape index (κ3) is 2.92. The van der Waals surface area contributed by atoms with E-state index in [4.69, 9.17) is 4.74 Å². The summed E-state index contributed by atoms with van der Waals surface area (Å²) < 4.78 is 20.6. The second-order valence-electron chi connectivity index (χ2n) is 5.91. The summed E-state index contributed by atoms with van der Waals surface area (Å²) in [7, 11) is 2.13. The third-order valence-electron chi connectivity index (χ3n) is 4.16. The maximum atomic E-state index is 13.9. The second kappa shape index (κ2) is 6.34. The van der Waals surface area contributed by atoms with Crippen molar-refractivity contribution in [2.75, 3.05) is 20.1 Å². The highest BCUT2D eigenvalue weighted by molar-refractivity contribution is 7.20. The number of pyridine rings is 1. The number of benzene rings is 1. The van der Waals surface area contributed by atoms with Crippen molar-refractivity contribution in [1.29, 1.82) is 0 Å². The molecular formula is C19H17FN2OS. The number of halogens is 1. The van der Waals surface area contributed by atoms with Crippen LogP contribution in [-0.4, -0.2) is 30.0 Å². The number of para-hydroxylation sites is 1. The Labute approximate surface area is 144 Å². The lowest BCUT2D eigenvalue weighted by molar-refractivity contribution is 0.370. The van der Waals surface area contributed by atoms with Gasteiger partial charge in [0.25, 0.3) is 0 Å². The van der Waals surface area contributed by atoms with E-state index < -0.39 is 0 Å². The van der Waals surface area contributed by atoms with Crippen molar-refractivity contribution in [3.63, 3.8) is 0 Å².